The molecular formula is C17H19F3N4O3S. The van der Waals surface area contributed by atoms with Crippen LogP contribution in [0.1, 0.15) is 24.8 Å². The summed E-state index contributed by atoms with van der Waals surface area (Å²) < 4.78 is 43.6. The number of hydrogen-bond donors (Lipinski definition) is 3. The number of carbonyl (C=O) groups excluding carboxylic acids is 1. The Balaban J connectivity index is 1.61. The molecule has 1 saturated heterocycles. The molecule has 3 unspecified atom stereocenters. The third-order valence-corrected chi connectivity index (χ3v) is 5.36. The lowest BCUT2D eigenvalue weighted by Crippen LogP contribution is -2.59. The lowest BCUT2D eigenvalue weighted by atomic mass is 9.95. The minimum absolute atomic E-state index is 0.0672. The van der Waals surface area contributed by atoms with Crippen LogP contribution in [0.5, 0.6) is 0 Å². The van der Waals surface area contributed by atoms with Crippen LogP contribution in [0.3, 0.4) is 0 Å². The van der Waals surface area contributed by atoms with Gasteiger partial charge >= 0.3 is 6.18 Å². The smallest absolute Gasteiger partial charge is 0.396 e. The molecule has 2 aromatic rings. The molecule has 7 nitrogen and oxygen atoms in total. The van der Waals surface area contributed by atoms with Gasteiger partial charge in [0.15, 0.2) is 0 Å². The van der Waals surface area contributed by atoms with Gasteiger partial charge in [-0.25, -0.2) is 0 Å². The van der Waals surface area contributed by atoms with E-state index in [1.54, 1.807) is 0 Å². The first kappa shape index (κ1) is 20.6. The molecule has 0 spiro atoms. The average Bonchev–Trinajstić information content (AvgIpc) is 3.11. The molecule has 0 bridgehead atoms. The van der Waals surface area contributed by atoms with Gasteiger partial charge in [-0.3, -0.25) is 10.1 Å². The number of amides is 1. The number of aliphatic hydroxyl groups excluding tert-OH is 1. The van der Waals surface area contributed by atoms with Crippen molar-refractivity contribution in [2.75, 3.05) is 6.61 Å². The van der Waals surface area contributed by atoms with E-state index in [0.717, 1.165) is 12.1 Å². The summed E-state index contributed by atoms with van der Waals surface area (Å²) in [5, 5.41) is 18.8. The number of nitrogens with zero attached hydrogens (tertiary/aromatic N) is 2. The number of hydrogen-bond acceptors (Lipinski definition) is 7. The molecule has 0 radical (unpaired) electrons. The van der Waals surface area contributed by atoms with E-state index < -0.39 is 11.7 Å². The number of alkyl halides is 3. The highest BCUT2D eigenvalue weighted by atomic mass is 32.2. The predicted octanol–water partition coefficient (Wildman–Crippen LogP) is 2.38. The van der Waals surface area contributed by atoms with Crippen molar-refractivity contribution in [1.82, 2.24) is 20.8 Å². The topological polar surface area (TPSA) is 100 Å². The Morgan fingerprint density at radius 2 is 2.14 bits per heavy atom. The van der Waals surface area contributed by atoms with E-state index >= 15 is 0 Å². The van der Waals surface area contributed by atoms with Crippen molar-refractivity contribution in [3.8, 4) is 11.4 Å². The van der Waals surface area contributed by atoms with E-state index in [2.05, 4.69) is 20.8 Å². The molecule has 1 aliphatic heterocycles. The maximum Gasteiger partial charge on any atom is 0.416 e. The van der Waals surface area contributed by atoms with Crippen molar-refractivity contribution in [2.45, 2.75) is 36.8 Å². The van der Waals surface area contributed by atoms with Crippen molar-refractivity contribution >= 4 is 17.7 Å². The number of carbonyl (C=O) groups is 1. The fourth-order valence-corrected chi connectivity index (χ4v) is 3.83. The zero-order valence-corrected chi connectivity index (χ0v) is 15.7. The largest absolute Gasteiger partial charge is 0.416 e. The Labute approximate surface area is 163 Å². The highest BCUT2D eigenvalue weighted by Crippen LogP contribution is 2.31. The normalized spacial score (nSPS) is 22.9. The Kier molecular flexibility index (Phi) is 6.26. The third kappa shape index (κ3) is 4.83. The van der Waals surface area contributed by atoms with Crippen molar-refractivity contribution in [1.29, 1.82) is 0 Å². The van der Waals surface area contributed by atoms with Crippen LogP contribution in [0, 0.1) is 5.92 Å². The second kappa shape index (κ2) is 8.50. The third-order valence-electron chi connectivity index (χ3n) is 4.36. The summed E-state index contributed by atoms with van der Waals surface area (Å²) in [4.78, 5) is 16.2. The quantitative estimate of drug-likeness (QED) is 0.665. The zero-order valence-electron chi connectivity index (χ0n) is 14.9. The predicted molar refractivity (Wildman–Crippen MR) is 95.8 cm³/mol. The lowest BCUT2D eigenvalue weighted by Gasteiger charge is -2.34. The van der Waals surface area contributed by atoms with Gasteiger partial charge in [-0.15, -0.1) is 11.8 Å². The van der Waals surface area contributed by atoms with Gasteiger partial charge in [0.2, 0.25) is 17.6 Å². The second-order valence-electron chi connectivity index (χ2n) is 6.36. The molecule has 152 valence electrons. The molecule has 3 rings (SSSR count). The minimum Gasteiger partial charge on any atom is -0.396 e. The van der Waals surface area contributed by atoms with Gasteiger partial charge in [0.05, 0.1) is 17.2 Å². The zero-order chi connectivity index (χ0) is 20.3. The number of aliphatic hydroxyl groups is 1. The Hall–Kier alpha value is -2.11. The van der Waals surface area contributed by atoms with Crippen LogP contribution in [0.25, 0.3) is 11.4 Å². The van der Waals surface area contributed by atoms with Crippen molar-refractivity contribution in [2.24, 2.45) is 5.92 Å². The lowest BCUT2D eigenvalue weighted by molar-refractivity contribution is -0.137. The molecule has 2 heterocycles. The van der Waals surface area contributed by atoms with E-state index in [1.165, 1.54) is 23.9 Å². The average molecular weight is 416 g/mol. The summed E-state index contributed by atoms with van der Waals surface area (Å²) in [7, 11) is 0. The first-order chi connectivity index (χ1) is 13.3. The van der Waals surface area contributed by atoms with Crippen LogP contribution in [-0.4, -0.2) is 39.3 Å². The summed E-state index contributed by atoms with van der Waals surface area (Å²) in [6.07, 6.45) is -4.07. The molecule has 1 fully saturated rings. The second-order valence-corrected chi connectivity index (χ2v) is 7.46. The standard InChI is InChI=1S/C17H19F3N4O3S/c1-9-12(5-6-25)15(26)23-16(21-9)28-8-13-22-14(24-27-13)10-3-2-4-11(7-10)17(18,19)20/h2-4,7,9,12,16,21,25H,5-6,8H2,1H3,(H,23,26). The van der Waals surface area contributed by atoms with Crippen LogP contribution in [0.15, 0.2) is 28.8 Å². The van der Waals surface area contributed by atoms with Gasteiger partial charge in [0.25, 0.3) is 0 Å². The molecule has 11 heteroatoms. The van der Waals surface area contributed by atoms with E-state index in [-0.39, 0.29) is 53.0 Å². The van der Waals surface area contributed by atoms with E-state index in [4.69, 9.17) is 9.63 Å². The molecule has 0 aliphatic carbocycles. The SMILES string of the molecule is CC1NC(SCc2nc(-c3cccc(C(F)(F)F)c3)no2)NC(=O)C1CCO. The summed E-state index contributed by atoms with van der Waals surface area (Å²) in [5.74, 6) is 0.115. The first-order valence-corrected chi connectivity index (χ1v) is 9.62. The fourth-order valence-electron chi connectivity index (χ4n) is 2.89. The molecule has 1 aliphatic rings. The molecule has 1 aromatic carbocycles. The number of rotatable bonds is 6. The number of nitrogens with one attached hydrogen (secondary N) is 2. The summed E-state index contributed by atoms with van der Waals surface area (Å²) >= 11 is 1.31. The van der Waals surface area contributed by atoms with Crippen LogP contribution in [0.2, 0.25) is 0 Å². The minimum atomic E-state index is -4.45. The maximum absolute atomic E-state index is 12.8. The van der Waals surface area contributed by atoms with Gasteiger partial charge in [-0.1, -0.05) is 17.3 Å². The van der Waals surface area contributed by atoms with Gasteiger partial charge < -0.3 is 14.9 Å². The molecule has 28 heavy (non-hydrogen) atoms. The number of halogens is 3. The first-order valence-electron chi connectivity index (χ1n) is 8.57. The Morgan fingerprint density at radius 1 is 1.36 bits per heavy atom. The van der Waals surface area contributed by atoms with E-state index in [1.807, 2.05) is 6.92 Å². The molecule has 1 amide bonds. The van der Waals surface area contributed by atoms with Crippen molar-refractivity contribution < 1.29 is 27.6 Å². The Morgan fingerprint density at radius 3 is 2.82 bits per heavy atom. The van der Waals surface area contributed by atoms with Gasteiger partial charge in [0, 0.05) is 18.2 Å². The monoisotopic (exact) mass is 416 g/mol. The van der Waals surface area contributed by atoms with Crippen LogP contribution in [0.4, 0.5) is 13.2 Å². The van der Waals surface area contributed by atoms with Crippen LogP contribution < -0.4 is 10.6 Å². The van der Waals surface area contributed by atoms with Gasteiger partial charge in [-0.05, 0) is 25.5 Å². The van der Waals surface area contributed by atoms with Crippen molar-refractivity contribution in [3.63, 3.8) is 0 Å². The molecule has 3 atom stereocenters. The number of benzene rings is 1. The maximum atomic E-state index is 12.8. The van der Waals surface area contributed by atoms with Crippen LogP contribution in [-0.2, 0) is 16.7 Å². The van der Waals surface area contributed by atoms with Gasteiger partial charge in [0.1, 0.15) is 5.50 Å². The Bertz CT molecular complexity index is 830. The molecular weight excluding hydrogens is 397 g/mol. The summed E-state index contributed by atoms with van der Waals surface area (Å²) in [6.45, 7) is 1.80. The molecule has 3 N–H and O–H groups in total. The molecule has 0 saturated carbocycles. The molecule has 1 aromatic heterocycles. The number of aromatic nitrogens is 2. The number of thioether (sulfide) groups is 1. The summed E-state index contributed by atoms with van der Waals surface area (Å²) in [6, 6.07) is 4.59. The highest BCUT2D eigenvalue weighted by Gasteiger charge is 2.33. The highest BCUT2D eigenvalue weighted by molar-refractivity contribution is 7.99. The fraction of sp³-hybridized carbons (Fsp3) is 0.471. The van der Waals surface area contributed by atoms with Crippen molar-refractivity contribution in [3.05, 3.63) is 35.7 Å². The van der Waals surface area contributed by atoms with E-state index in [9.17, 15) is 18.0 Å². The van der Waals surface area contributed by atoms with E-state index in [0.29, 0.717) is 6.42 Å². The summed E-state index contributed by atoms with van der Waals surface area (Å²) in [5.41, 5.74) is -0.952. The van der Waals surface area contributed by atoms with Gasteiger partial charge in [-0.2, -0.15) is 18.2 Å². The van der Waals surface area contributed by atoms with Crippen LogP contribution >= 0.6 is 11.8 Å².